The van der Waals surface area contributed by atoms with Gasteiger partial charge in [-0.05, 0) is 30.7 Å². The third kappa shape index (κ3) is 4.51. The average molecular weight is 338 g/mol. The number of methoxy groups -OCH3 is 1. The summed E-state index contributed by atoms with van der Waals surface area (Å²) in [6.45, 7) is -0.277. The Morgan fingerprint density at radius 2 is 2.04 bits per heavy atom. The number of aromatic nitrogens is 2. The van der Waals surface area contributed by atoms with Gasteiger partial charge in [-0.3, -0.25) is 4.57 Å². The van der Waals surface area contributed by atoms with E-state index in [4.69, 9.17) is 4.74 Å². The van der Waals surface area contributed by atoms with Gasteiger partial charge < -0.3 is 15.4 Å². The zero-order valence-corrected chi connectivity index (χ0v) is 13.5. The molecule has 0 fully saturated rings. The van der Waals surface area contributed by atoms with Crippen molar-refractivity contribution >= 4 is 11.7 Å². The molecule has 0 radical (unpaired) electrons. The molecule has 6 nitrogen and oxygen atoms in total. The first-order chi connectivity index (χ1) is 11.5. The summed E-state index contributed by atoms with van der Waals surface area (Å²) in [6.07, 6.45) is 3.29. The number of alkyl halides is 2. The number of anilines is 1. The first-order valence-electron chi connectivity index (χ1n) is 7.53. The number of amides is 2. The summed E-state index contributed by atoms with van der Waals surface area (Å²) in [6, 6.07) is 6.11. The van der Waals surface area contributed by atoms with Crippen molar-refractivity contribution < 1.29 is 18.3 Å². The van der Waals surface area contributed by atoms with E-state index in [1.54, 1.807) is 31.4 Å². The zero-order chi connectivity index (χ0) is 17.5. The molecule has 1 heterocycles. The number of carbonyl (C=O) groups is 1. The van der Waals surface area contributed by atoms with Crippen LogP contribution in [0.1, 0.15) is 19.9 Å². The fourth-order valence-corrected chi connectivity index (χ4v) is 2.21. The van der Waals surface area contributed by atoms with E-state index < -0.39 is 6.55 Å². The molecule has 2 amide bonds. The Morgan fingerprint density at radius 3 is 2.62 bits per heavy atom. The molecule has 2 N–H and O–H groups in total. The van der Waals surface area contributed by atoms with Gasteiger partial charge in [-0.2, -0.15) is 8.78 Å². The number of ether oxygens (including phenoxy) is 1. The quantitative estimate of drug-likeness (QED) is 0.812. The molecule has 0 saturated heterocycles. The number of nitrogens with one attached hydrogen (secondary N) is 2. The van der Waals surface area contributed by atoms with E-state index in [-0.39, 0.29) is 17.9 Å². The number of nitrogens with zero attached hydrogens (tertiary/aromatic N) is 2. The second kappa shape index (κ2) is 8.39. The van der Waals surface area contributed by atoms with Crippen LogP contribution in [0, 0.1) is 0 Å². The van der Waals surface area contributed by atoms with Crippen LogP contribution < -0.4 is 10.6 Å². The number of benzene rings is 1. The minimum Gasteiger partial charge on any atom is -0.383 e. The summed E-state index contributed by atoms with van der Waals surface area (Å²) in [5.74, 6) is 0.173. The molecule has 0 unspecified atom stereocenters. The molecule has 24 heavy (non-hydrogen) atoms. The van der Waals surface area contributed by atoms with E-state index >= 15 is 0 Å². The highest BCUT2D eigenvalue weighted by Gasteiger charge is 2.13. The summed E-state index contributed by atoms with van der Waals surface area (Å²) < 4.78 is 31.5. The molecule has 2 rings (SSSR count). The number of urea groups is 1. The van der Waals surface area contributed by atoms with Gasteiger partial charge in [0, 0.05) is 30.8 Å². The molecule has 2 aromatic rings. The predicted octanol–water partition coefficient (Wildman–Crippen LogP) is 3.49. The molecule has 8 heteroatoms. The van der Waals surface area contributed by atoms with Crippen molar-refractivity contribution in [3.8, 4) is 11.4 Å². The van der Waals surface area contributed by atoms with Gasteiger partial charge in [0.1, 0.15) is 5.82 Å². The Balaban J connectivity index is 2.02. The highest BCUT2D eigenvalue weighted by molar-refractivity contribution is 5.89. The molecule has 0 saturated carbocycles. The third-order valence-corrected chi connectivity index (χ3v) is 3.48. The van der Waals surface area contributed by atoms with Crippen molar-refractivity contribution in [1.82, 2.24) is 14.9 Å². The van der Waals surface area contributed by atoms with Crippen LogP contribution in [0.3, 0.4) is 0 Å². The summed E-state index contributed by atoms with van der Waals surface area (Å²) in [7, 11) is 1.57. The predicted molar refractivity (Wildman–Crippen MR) is 87.0 cm³/mol. The number of hydrogen-bond donors (Lipinski definition) is 2. The van der Waals surface area contributed by atoms with E-state index in [0.717, 1.165) is 11.0 Å². The lowest BCUT2D eigenvalue weighted by Crippen LogP contribution is -2.40. The number of imidazole rings is 1. The summed E-state index contributed by atoms with van der Waals surface area (Å²) >= 11 is 0. The van der Waals surface area contributed by atoms with Crippen molar-refractivity contribution in [2.75, 3.05) is 19.0 Å². The highest BCUT2D eigenvalue weighted by atomic mass is 19.3. The molecule has 0 aliphatic heterocycles. The topological polar surface area (TPSA) is 68.2 Å². The molecule has 130 valence electrons. The molecular weight excluding hydrogens is 318 g/mol. The fourth-order valence-electron chi connectivity index (χ4n) is 2.21. The maximum atomic E-state index is 12.9. The van der Waals surface area contributed by atoms with Gasteiger partial charge in [-0.25, -0.2) is 9.78 Å². The van der Waals surface area contributed by atoms with Crippen LogP contribution >= 0.6 is 0 Å². The standard InChI is InChI=1S/C16H20F2N4O2/c1-3-12(10-24-2)20-16(23)21-13-6-4-11(5-7-13)14-19-8-9-22(14)15(17)18/h4-9,12,15H,3,10H2,1-2H3,(H2,20,21,23)/t12-/m0/s1. The largest absolute Gasteiger partial charge is 0.383 e. The summed E-state index contributed by atoms with van der Waals surface area (Å²) in [4.78, 5) is 15.9. The highest BCUT2D eigenvalue weighted by Crippen LogP contribution is 2.24. The molecule has 0 aliphatic rings. The SMILES string of the molecule is CC[C@@H](COC)NC(=O)Nc1ccc(-c2nccn2C(F)F)cc1. The average Bonchev–Trinajstić information content (AvgIpc) is 3.05. The normalized spacial score (nSPS) is 12.2. The van der Waals surface area contributed by atoms with Gasteiger partial charge in [0.2, 0.25) is 0 Å². The van der Waals surface area contributed by atoms with Crippen molar-refractivity contribution in [2.45, 2.75) is 25.9 Å². The van der Waals surface area contributed by atoms with Gasteiger partial charge in [0.15, 0.2) is 0 Å². The van der Waals surface area contributed by atoms with Gasteiger partial charge in [-0.15, -0.1) is 0 Å². The monoisotopic (exact) mass is 338 g/mol. The molecule has 0 spiro atoms. The molecule has 1 atom stereocenters. The van der Waals surface area contributed by atoms with Crippen LogP contribution in [0.5, 0.6) is 0 Å². The lowest BCUT2D eigenvalue weighted by molar-refractivity contribution is 0.0720. The summed E-state index contributed by atoms with van der Waals surface area (Å²) in [5, 5.41) is 5.49. The van der Waals surface area contributed by atoms with Crippen LogP contribution in [0.4, 0.5) is 19.3 Å². The molecule has 1 aromatic heterocycles. The second-order valence-corrected chi connectivity index (χ2v) is 5.17. The van der Waals surface area contributed by atoms with Crippen LogP contribution in [0.25, 0.3) is 11.4 Å². The van der Waals surface area contributed by atoms with Gasteiger partial charge in [0.05, 0.1) is 12.6 Å². The first kappa shape index (κ1) is 17.9. The van der Waals surface area contributed by atoms with E-state index in [1.807, 2.05) is 6.92 Å². The minimum atomic E-state index is -2.65. The van der Waals surface area contributed by atoms with E-state index in [9.17, 15) is 13.6 Å². The zero-order valence-electron chi connectivity index (χ0n) is 13.5. The maximum Gasteiger partial charge on any atom is 0.320 e. The minimum absolute atomic E-state index is 0.0761. The van der Waals surface area contributed by atoms with Gasteiger partial charge in [-0.1, -0.05) is 6.92 Å². The number of hydrogen-bond acceptors (Lipinski definition) is 3. The van der Waals surface area contributed by atoms with Crippen molar-refractivity contribution in [3.05, 3.63) is 36.7 Å². The van der Waals surface area contributed by atoms with Crippen LogP contribution in [-0.4, -0.2) is 35.3 Å². The molecule has 0 bridgehead atoms. The van der Waals surface area contributed by atoms with Crippen LogP contribution in [0.15, 0.2) is 36.7 Å². The smallest absolute Gasteiger partial charge is 0.320 e. The maximum absolute atomic E-state index is 12.9. The Labute approximate surface area is 138 Å². The lowest BCUT2D eigenvalue weighted by Gasteiger charge is -2.16. The van der Waals surface area contributed by atoms with Crippen molar-refractivity contribution in [3.63, 3.8) is 0 Å². The number of carbonyl (C=O) groups excluding carboxylic acids is 1. The second-order valence-electron chi connectivity index (χ2n) is 5.17. The van der Waals surface area contributed by atoms with Crippen molar-refractivity contribution in [1.29, 1.82) is 0 Å². The fraction of sp³-hybridized carbons (Fsp3) is 0.375. The molecular formula is C16H20F2N4O2. The van der Waals surface area contributed by atoms with Gasteiger partial charge >= 0.3 is 12.6 Å². The molecule has 1 aromatic carbocycles. The van der Waals surface area contributed by atoms with Crippen LogP contribution in [0.2, 0.25) is 0 Å². The Hall–Kier alpha value is -2.48. The number of rotatable bonds is 7. The van der Waals surface area contributed by atoms with E-state index in [2.05, 4.69) is 15.6 Å². The van der Waals surface area contributed by atoms with E-state index in [1.165, 1.54) is 12.4 Å². The number of halogens is 2. The van der Waals surface area contributed by atoms with Gasteiger partial charge in [0.25, 0.3) is 0 Å². The van der Waals surface area contributed by atoms with Crippen LogP contribution in [-0.2, 0) is 4.74 Å². The summed E-state index contributed by atoms with van der Waals surface area (Å²) in [5.41, 5.74) is 1.09. The first-order valence-corrected chi connectivity index (χ1v) is 7.53. The Kier molecular flexibility index (Phi) is 6.25. The Morgan fingerprint density at radius 1 is 1.33 bits per heavy atom. The third-order valence-electron chi connectivity index (χ3n) is 3.48. The molecule has 0 aliphatic carbocycles. The lowest BCUT2D eigenvalue weighted by atomic mass is 10.2. The Bertz CT molecular complexity index is 658. The van der Waals surface area contributed by atoms with Crippen molar-refractivity contribution in [2.24, 2.45) is 0 Å². The van der Waals surface area contributed by atoms with E-state index in [0.29, 0.717) is 17.9 Å².